The Hall–Kier alpha value is -3.09. The molecule has 27 heavy (non-hydrogen) atoms. The maximum Gasteiger partial charge on any atom is 0.225 e. The highest BCUT2D eigenvalue weighted by molar-refractivity contribution is 5.96. The number of methoxy groups -OCH3 is 5. The minimum absolute atomic E-state index is 0.0976. The van der Waals surface area contributed by atoms with Crippen molar-refractivity contribution in [3.63, 3.8) is 0 Å². The molecule has 2 aromatic rings. The average molecular weight is 373 g/mol. The Morgan fingerprint density at radius 2 is 1.56 bits per heavy atom. The zero-order valence-electron chi connectivity index (χ0n) is 16.0. The standard InChI is InChI=1S/C20H23NO6/c1-23-11-8-14-18(16(9-11)25-3)13(10-17(22)21-14)12-6-7-15(24-2)20(27-5)19(12)26-4/h6-9,13H,10H2,1-5H3,(H,21,22). The molecule has 1 heterocycles. The van der Waals surface area contributed by atoms with E-state index in [9.17, 15) is 4.79 Å². The number of carbonyl (C=O) groups is 1. The quantitative estimate of drug-likeness (QED) is 0.838. The van der Waals surface area contributed by atoms with Crippen molar-refractivity contribution in [2.24, 2.45) is 0 Å². The number of ether oxygens (including phenoxy) is 5. The number of amides is 1. The largest absolute Gasteiger partial charge is 0.497 e. The van der Waals surface area contributed by atoms with Gasteiger partial charge in [-0.25, -0.2) is 0 Å². The van der Waals surface area contributed by atoms with Crippen LogP contribution < -0.4 is 29.0 Å². The molecule has 0 saturated heterocycles. The van der Waals surface area contributed by atoms with Crippen molar-refractivity contribution in [1.82, 2.24) is 0 Å². The van der Waals surface area contributed by atoms with Gasteiger partial charge in [-0.15, -0.1) is 0 Å². The van der Waals surface area contributed by atoms with Gasteiger partial charge in [-0.05, 0) is 6.07 Å². The van der Waals surface area contributed by atoms with Gasteiger partial charge in [0.15, 0.2) is 11.5 Å². The van der Waals surface area contributed by atoms with Gasteiger partial charge in [-0.2, -0.15) is 0 Å². The topological polar surface area (TPSA) is 75.2 Å². The van der Waals surface area contributed by atoms with E-state index in [0.29, 0.717) is 34.4 Å². The first-order valence-corrected chi connectivity index (χ1v) is 8.42. The van der Waals surface area contributed by atoms with Crippen molar-refractivity contribution in [2.75, 3.05) is 40.9 Å². The predicted molar refractivity (Wildman–Crippen MR) is 101 cm³/mol. The van der Waals surface area contributed by atoms with Crippen molar-refractivity contribution in [1.29, 1.82) is 0 Å². The van der Waals surface area contributed by atoms with Crippen LogP contribution in [0.1, 0.15) is 23.5 Å². The molecule has 144 valence electrons. The molecular formula is C20H23NO6. The minimum atomic E-state index is -0.274. The van der Waals surface area contributed by atoms with Crippen molar-refractivity contribution in [2.45, 2.75) is 12.3 Å². The third-order valence-corrected chi connectivity index (χ3v) is 4.69. The van der Waals surface area contributed by atoms with Crippen LogP contribution in [0, 0.1) is 0 Å². The van der Waals surface area contributed by atoms with Crippen LogP contribution in [-0.2, 0) is 4.79 Å². The Kier molecular flexibility index (Phi) is 5.30. The fourth-order valence-corrected chi connectivity index (χ4v) is 3.50. The Balaban J connectivity index is 2.24. The highest BCUT2D eigenvalue weighted by Gasteiger charge is 2.33. The van der Waals surface area contributed by atoms with Crippen LogP contribution in [0.5, 0.6) is 28.7 Å². The summed E-state index contributed by atoms with van der Waals surface area (Å²) in [7, 11) is 7.84. The highest BCUT2D eigenvalue weighted by atomic mass is 16.5. The SMILES string of the molecule is COc1cc2c(c(OC)c1)C(c1ccc(OC)c(OC)c1OC)CC(=O)N2. The second-order valence-corrected chi connectivity index (χ2v) is 6.02. The lowest BCUT2D eigenvalue weighted by atomic mass is 9.83. The summed E-state index contributed by atoms with van der Waals surface area (Å²) < 4.78 is 27.4. The molecule has 1 atom stereocenters. The first kappa shape index (κ1) is 18.7. The summed E-state index contributed by atoms with van der Waals surface area (Å²) in [6.45, 7) is 0. The third-order valence-electron chi connectivity index (χ3n) is 4.69. The maximum absolute atomic E-state index is 12.4. The molecule has 0 aromatic heterocycles. The second-order valence-electron chi connectivity index (χ2n) is 6.02. The van der Waals surface area contributed by atoms with Gasteiger partial charge in [-0.3, -0.25) is 4.79 Å². The van der Waals surface area contributed by atoms with Crippen LogP contribution in [0.15, 0.2) is 24.3 Å². The molecule has 7 heteroatoms. The van der Waals surface area contributed by atoms with Gasteiger partial charge in [0.2, 0.25) is 11.7 Å². The molecular weight excluding hydrogens is 350 g/mol. The van der Waals surface area contributed by atoms with Crippen LogP contribution in [-0.4, -0.2) is 41.5 Å². The average Bonchev–Trinajstić information content (AvgIpc) is 2.70. The summed E-state index contributed by atoms with van der Waals surface area (Å²) >= 11 is 0. The molecule has 1 aliphatic rings. The zero-order chi connectivity index (χ0) is 19.6. The first-order valence-electron chi connectivity index (χ1n) is 8.42. The number of fused-ring (bicyclic) bond motifs is 1. The Morgan fingerprint density at radius 3 is 2.15 bits per heavy atom. The lowest BCUT2D eigenvalue weighted by Crippen LogP contribution is -2.24. The first-order chi connectivity index (χ1) is 13.1. The van der Waals surface area contributed by atoms with E-state index in [1.807, 2.05) is 6.07 Å². The van der Waals surface area contributed by atoms with Gasteiger partial charge >= 0.3 is 0 Å². The second kappa shape index (κ2) is 7.65. The lowest BCUT2D eigenvalue weighted by Gasteiger charge is -2.29. The minimum Gasteiger partial charge on any atom is -0.497 e. The van der Waals surface area contributed by atoms with E-state index >= 15 is 0 Å². The smallest absolute Gasteiger partial charge is 0.225 e. The van der Waals surface area contributed by atoms with Gasteiger partial charge < -0.3 is 29.0 Å². The molecule has 0 bridgehead atoms. The number of nitrogens with one attached hydrogen (secondary N) is 1. The molecule has 0 spiro atoms. The molecule has 0 fully saturated rings. The van der Waals surface area contributed by atoms with E-state index in [1.54, 1.807) is 53.7 Å². The van der Waals surface area contributed by atoms with Gasteiger partial charge in [0.05, 0.1) is 41.2 Å². The zero-order valence-corrected chi connectivity index (χ0v) is 16.0. The maximum atomic E-state index is 12.4. The van der Waals surface area contributed by atoms with Crippen molar-refractivity contribution in [3.8, 4) is 28.7 Å². The molecule has 2 aromatic carbocycles. The monoisotopic (exact) mass is 373 g/mol. The molecule has 1 aliphatic heterocycles. The van der Waals surface area contributed by atoms with Crippen molar-refractivity contribution < 1.29 is 28.5 Å². The number of hydrogen-bond acceptors (Lipinski definition) is 6. The van der Waals surface area contributed by atoms with Crippen LogP contribution in [0.3, 0.4) is 0 Å². The molecule has 0 radical (unpaired) electrons. The summed E-state index contributed by atoms with van der Waals surface area (Å²) in [5.74, 6) is 2.43. The number of anilines is 1. The summed E-state index contributed by atoms with van der Waals surface area (Å²) in [5, 5.41) is 2.90. The van der Waals surface area contributed by atoms with Crippen LogP contribution in [0.4, 0.5) is 5.69 Å². The molecule has 0 aliphatic carbocycles. The normalized spacial score (nSPS) is 15.4. The van der Waals surface area contributed by atoms with Crippen molar-refractivity contribution >= 4 is 11.6 Å². The van der Waals surface area contributed by atoms with Gasteiger partial charge in [0, 0.05) is 35.6 Å². The van der Waals surface area contributed by atoms with Gasteiger partial charge in [0.1, 0.15) is 11.5 Å². The van der Waals surface area contributed by atoms with E-state index in [4.69, 9.17) is 23.7 Å². The summed E-state index contributed by atoms with van der Waals surface area (Å²) in [5.41, 5.74) is 2.34. The molecule has 1 unspecified atom stereocenters. The van der Waals surface area contributed by atoms with Gasteiger partial charge in [0.25, 0.3) is 0 Å². The number of carbonyl (C=O) groups excluding carboxylic acids is 1. The van der Waals surface area contributed by atoms with E-state index in [1.165, 1.54) is 0 Å². The summed E-state index contributed by atoms with van der Waals surface area (Å²) in [6.07, 6.45) is 0.252. The van der Waals surface area contributed by atoms with Gasteiger partial charge in [-0.1, -0.05) is 6.07 Å². The summed E-state index contributed by atoms with van der Waals surface area (Å²) in [6, 6.07) is 7.28. The van der Waals surface area contributed by atoms with E-state index < -0.39 is 0 Å². The molecule has 7 nitrogen and oxygen atoms in total. The fraction of sp³-hybridized carbons (Fsp3) is 0.350. The van der Waals surface area contributed by atoms with Crippen LogP contribution in [0.2, 0.25) is 0 Å². The predicted octanol–water partition coefficient (Wildman–Crippen LogP) is 3.20. The number of hydrogen-bond donors (Lipinski definition) is 1. The van der Waals surface area contributed by atoms with Crippen LogP contribution >= 0.6 is 0 Å². The number of rotatable bonds is 6. The molecule has 1 N–H and O–H groups in total. The fourth-order valence-electron chi connectivity index (χ4n) is 3.50. The van der Waals surface area contributed by atoms with E-state index in [2.05, 4.69) is 5.32 Å². The highest BCUT2D eigenvalue weighted by Crippen LogP contribution is 2.50. The third kappa shape index (κ3) is 3.20. The van der Waals surface area contributed by atoms with E-state index in [-0.39, 0.29) is 18.2 Å². The number of benzene rings is 2. The Bertz CT molecular complexity index is 864. The Morgan fingerprint density at radius 1 is 0.852 bits per heavy atom. The van der Waals surface area contributed by atoms with E-state index in [0.717, 1.165) is 11.1 Å². The molecule has 1 amide bonds. The summed E-state index contributed by atoms with van der Waals surface area (Å²) in [4.78, 5) is 12.4. The van der Waals surface area contributed by atoms with Crippen LogP contribution in [0.25, 0.3) is 0 Å². The molecule has 0 saturated carbocycles. The Labute approximate surface area is 158 Å². The lowest BCUT2D eigenvalue weighted by molar-refractivity contribution is -0.116. The molecule has 3 rings (SSSR count). The van der Waals surface area contributed by atoms with Crippen molar-refractivity contribution in [3.05, 3.63) is 35.4 Å².